The van der Waals surface area contributed by atoms with Crippen LogP contribution in [0.25, 0.3) is 0 Å². The average molecular weight is 390 g/mol. The minimum atomic E-state index is -0.144. The van der Waals surface area contributed by atoms with E-state index in [0.29, 0.717) is 30.4 Å². The Bertz CT molecular complexity index is 797. The van der Waals surface area contributed by atoms with Gasteiger partial charge in [0.15, 0.2) is 0 Å². The summed E-state index contributed by atoms with van der Waals surface area (Å²) in [4.78, 5) is 28.3. The van der Waals surface area contributed by atoms with Crippen LogP contribution in [-0.2, 0) is 16.1 Å². The molecule has 0 aliphatic carbocycles. The van der Waals surface area contributed by atoms with Crippen molar-refractivity contribution in [3.63, 3.8) is 0 Å². The normalized spacial score (nSPS) is 14.3. The summed E-state index contributed by atoms with van der Waals surface area (Å²) in [5.74, 6) is 1.40. The highest BCUT2D eigenvalue weighted by Gasteiger charge is 2.21. The molecule has 0 bridgehead atoms. The molecule has 0 unspecified atom stereocenters. The number of anilines is 1. The molecule has 0 atom stereocenters. The zero-order valence-electron chi connectivity index (χ0n) is 15.4. The first-order valence-electron chi connectivity index (χ1n) is 9.11. The largest absolute Gasteiger partial charge is 0.465 e. The van der Waals surface area contributed by atoms with Crippen LogP contribution in [-0.4, -0.2) is 42.9 Å². The molecule has 2 aromatic rings. The van der Waals surface area contributed by atoms with Gasteiger partial charge >= 0.3 is 0 Å². The van der Waals surface area contributed by atoms with E-state index in [2.05, 4.69) is 10.2 Å². The molecule has 1 aliphatic heterocycles. The molecule has 7 heteroatoms. The fraction of sp³-hybridized carbons (Fsp3) is 0.400. The predicted molar refractivity (Wildman–Crippen MR) is 105 cm³/mol. The number of rotatable bonds is 6. The number of hydrogen-bond acceptors (Lipinski definition) is 4. The topological polar surface area (TPSA) is 65.8 Å². The number of nitrogens with zero attached hydrogens (tertiary/aromatic N) is 2. The maximum atomic E-state index is 12.4. The van der Waals surface area contributed by atoms with Crippen LogP contribution >= 0.6 is 11.6 Å². The molecule has 1 aromatic heterocycles. The number of carbonyl (C=O) groups is 2. The van der Waals surface area contributed by atoms with E-state index >= 15 is 0 Å². The lowest BCUT2D eigenvalue weighted by Gasteiger charge is -2.36. The number of aryl methyl sites for hydroxylation is 1. The molecule has 1 N–H and O–H groups in total. The fourth-order valence-corrected chi connectivity index (χ4v) is 3.30. The van der Waals surface area contributed by atoms with Gasteiger partial charge in [-0.1, -0.05) is 17.7 Å². The maximum Gasteiger partial charge on any atom is 0.223 e. The van der Waals surface area contributed by atoms with E-state index in [9.17, 15) is 9.59 Å². The summed E-state index contributed by atoms with van der Waals surface area (Å²) in [5.41, 5.74) is 1.07. The monoisotopic (exact) mass is 389 g/mol. The van der Waals surface area contributed by atoms with E-state index in [4.69, 9.17) is 16.0 Å². The van der Waals surface area contributed by atoms with E-state index in [0.717, 1.165) is 24.5 Å². The lowest BCUT2D eigenvalue weighted by molar-refractivity contribution is -0.133. The van der Waals surface area contributed by atoms with Crippen molar-refractivity contribution < 1.29 is 14.0 Å². The van der Waals surface area contributed by atoms with Crippen LogP contribution < -0.4 is 10.2 Å². The standard InChI is InChI=1S/C20H24ClN3O3/c1-15-5-6-18(27-15)14-22-19(25)7-8-20(26)24-11-9-23(10-12-24)17-4-2-3-16(21)13-17/h2-6,13H,7-12,14H2,1H3,(H,22,25). The van der Waals surface area contributed by atoms with E-state index in [1.807, 2.05) is 48.2 Å². The Morgan fingerprint density at radius 1 is 1.11 bits per heavy atom. The summed E-state index contributed by atoms with van der Waals surface area (Å²) in [6.07, 6.45) is 0.410. The smallest absolute Gasteiger partial charge is 0.223 e. The minimum absolute atomic E-state index is 0.0183. The highest BCUT2D eigenvalue weighted by atomic mass is 35.5. The molecule has 3 rings (SSSR count). The molecule has 2 heterocycles. The number of piperazine rings is 1. The van der Waals surface area contributed by atoms with Crippen LogP contribution in [0.15, 0.2) is 40.8 Å². The maximum absolute atomic E-state index is 12.4. The van der Waals surface area contributed by atoms with Gasteiger partial charge in [-0.05, 0) is 37.3 Å². The first-order valence-corrected chi connectivity index (χ1v) is 9.49. The second-order valence-electron chi connectivity index (χ2n) is 6.64. The summed E-state index contributed by atoms with van der Waals surface area (Å²) in [7, 11) is 0. The zero-order chi connectivity index (χ0) is 19.2. The van der Waals surface area contributed by atoms with Crippen LogP contribution in [0.1, 0.15) is 24.4 Å². The van der Waals surface area contributed by atoms with E-state index in [-0.39, 0.29) is 24.7 Å². The number of hydrogen-bond donors (Lipinski definition) is 1. The summed E-state index contributed by atoms with van der Waals surface area (Å²) >= 11 is 6.05. The Balaban J connectivity index is 1.38. The molecular weight excluding hydrogens is 366 g/mol. The number of carbonyl (C=O) groups excluding carboxylic acids is 2. The molecule has 0 radical (unpaired) electrons. The molecule has 1 aromatic carbocycles. The van der Waals surface area contributed by atoms with Gasteiger partial charge in [-0.15, -0.1) is 0 Å². The summed E-state index contributed by atoms with van der Waals surface area (Å²) in [5, 5.41) is 3.49. The summed E-state index contributed by atoms with van der Waals surface area (Å²) in [6.45, 7) is 5.03. The van der Waals surface area contributed by atoms with E-state index in [1.165, 1.54) is 0 Å². The Morgan fingerprint density at radius 2 is 1.89 bits per heavy atom. The molecule has 0 saturated carbocycles. The highest BCUT2D eigenvalue weighted by Crippen LogP contribution is 2.21. The lowest BCUT2D eigenvalue weighted by Crippen LogP contribution is -2.48. The molecule has 6 nitrogen and oxygen atoms in total. The van der Waals surface area contributed by atoms with Crippen molar-refractivity contribution in [3.05, 3.63) is 52.9 Å². The highest BCUT2D eigenvalue weighted by molar-refractivity contribution is 6.30. The summed E-state index contributed by atoms with van der Waals surface area (Å²) in [6, 6.07) is 11.4. The van der Waals surface area contributed by atoms with Crippen molar-refractivity contribution in [3.8, 4) is 0 Å². The Labute approximate surface area is 164 Å². The Morgan fingerprint density at radius 3 is 2.56 bits per heavy atom. The average Bonchev–Trinajstić information content (AvgIpc) is 3.10. The second-order valence-corrected chi connectivity index (χ2v) is 7.07. The zero-order valence-corrected chi connectivity index (χ0v) is 16.2. The molecule has 144 valence electrons. The van der Waals surface area contributed by atoms with Crippen LogP contribution in [0, 0.1) is 6.92 Å². The third-order valence-corrected chi connectivity index (χ3v) is 4.86. The van der Waals surface area contributed by atoms with Gasteiger partial charge < -0.3 is 19.5 Å². The molecule has 27 heavy (non-hydrogen) atoms. The van der Waals surface area contributed by atoms with Crippen LogP contribution in [0.4, 0.5) is 5.69 Å². The number of halogens is 1. The third-order valence-electron chi connectivity index (χ3n) is 4.63. The van der Waals surface area contributed by atoms with Gasteiger partial charge in [-0.3, -0.25) is 9.59 Å². The predicted octanol–water partition coefficient (Wildman–Crippen LogP) is 2.99. The molecule has 1 fully saturated rings. The molecule has 1 saturated heterocycles. The first-order chi connectivity index (χ1) is 13.0. The van der Waals surface area contributed by atoms with E-state index in [1.54, 1.807) is 0 Å². The molecule has 0 spiro atoms. The first kappa shape index (κ1) is 19.3. The van der Waals surface area contributed by atoms with Crippen molar-refractivity contribution in [1.82, 2.24) is 10.2 Å². The minimum Gasteiger partial charge on any atom is -0.465 e. The van der Waals surface area contributed by atoms with Crippen LogP contribution in [0.3, 0.4) is 0 Å². The number of amides is 2. The fourth-order valence-electron chi connectivity index (χ4n) is 3.12. The number of nitrogens with one attached hydrogen (secondary N) is 1. The quantitative estimate of drug-likeness (QED) is 0.824. The van der Waals surface area contributed by atoms with Gasteiger partial charge in [-0.2, -0.15) is 0 Å². The van der Waals surface area contributed by atoms with Gasteiger partial charge in [0.2, 0.25) is 11.8 Å². The second kappa shape index (κ2) is 8.95. The number of benzene rings is 1. The molecule has 2 amide bonds. The van der Waals surface area contributed by atoms with Gasteiger partial charge in [0.05, 0.1) is 6.54 Å². The lowest BCUT2D eigenvalue weighted by atomic mass is 10.2. The SMILES string of the molecule is Cc1ccc(CNC(=O)CCC(=O)N2CCN(c3cccc(Cl)c3)CC2)o1. The van der Waals surface area contributed by atoms with Gasteiger partial charge in [-0.25, -0.2) is 0 Å². The summed E-state index contributed by atoms with van der Waals surface area (Å²) < 4.78 is 5.41. The van der Waals surface area contributed by atoms with Crippen molar-refractivity contribution in [1.29, 1.82) is 0 Å². The van der Waals surface area contributed by atoms with E-state index < -0.39 is 0 Å². The van der Waals surface area contributed by atoms with Crippen molar-refractivity contribution in [2.45, 2.75) is 26.3 Å². The van der Waals surface area contributed by atoms with Gasteiger partial charge in [0.25, 0.3) is 0 Å². The molecular formula is C20H24ClN3O3. The Kier molecular flexibility index (Phi) is 6.40. The van der Waals surface area contributed by atoms with Gasteiger partial charge in [0, 0.05) is 49.7 Å². The third kappa shape index (κ3) is 5.50. The van der Waals surface area contributed by atoms with Crippen molar-refractivity contribution in [2.75, 3.05) is 31.1 Å². The Hall–Kier alpha value is -2.47. The van der Waals surface area contributed by atoms with Crippen molar-refractivity contribution in [2.24, 2.45) is 0 Å². The van der Waals surface area contributed by atoms with Crippen LogP contribution in [0.2, 0.25) is 5.02 Å². The molecule has 1 aliphatic rings. The van der Waals surface area contributed by atoms with Crippen molar-refractivity contribution >= 4 is 29.1 Å². The van der Waals surface area contributed by atoms with Gasteiger partial charge in [0.1, 0.15) is 11.5 Å². The van der Waals surface area contributed by atoms with Crippen LogP contribution in [0.5, 0.6) is 0 Å². The number of furan rings is 1.